The average molecular weight is 356 g/mol. The van der Waals surface area contributed by atoms with E-state index in [-0.39, 0.29) is 6.04 Å². The van der Waals surface area contributed by atoms with Crippen molar-refractivity contribution in [3.05, 3.63) is 39.9 Å². The lowest BCUT2D eigenvalue weighted by molar-refractivity contribution is 0.423. The summed E-state index contributed by atoms with van der Waals surface area (Å²) in [6.07, 6.45) is 2.91. The largest absolute Gasteiger partial charge is 0.439 e. The molecule has 1 atom stereocenters. The maximum atomic E-state index is 5.83. The first-order valence-electron chi connectivity index (χ1n) is 6.16. The predicted octanol–water partition coefficient (Wildman–Crippen LogP) is 4.01. The third-order valence-electron chi connectivity index (χ3n) is 2.73. The van der Waals surface area contributed by atoms with Gasteiger partial charge < -0.3 is 9.73 Å². The first kappa shape index (κ1) is 13.5. The molecule has 0 radical (unpaired) electrons. The normalized spacial score (nSPS) is 12.6. The van der Waals surface area contributed by atoms with Gasteiger partial charge in [0.15, 0.2) is 5.76 Å². The number of hydrogen-bond donors (Lipinski definition) is 1. The van der Waals surface area contributed by atoms with Gasteiger partial charge >= 0.3 is 0 Å². The van der Waals surface area contributed by atoms with Crippen LogP contribution in [0.25, 0.3) is 11.3 Å². The highest BCUT2D eigenvalue weighted by atomic mass is 127. The highest BCUT2D eigenvalue weighted by Gasteiger charge is 2.13. The van der Waals surface area contributed by atoms with Crippen LogP contribution in [0.4, 0.5) is 0 Å². The van der Waals surface area contributed by atoms with Crippen molar-refractivity contribution in [3.63, 3.8) is 0 Å². The Kier molecular flexibility index (Phi) is 4.77. The number of aromatic nitrogens is 1. The molecule has 2 aromatic rings. The molecule has 18 heavy (non-hydrogen) atoms. The second kappa shape index (κ2) is 6.33. The molecule has 0 saturated carbocycles. The van der Waals surface area contributed by atoms with Crippen LogP contribution in [0.1, 0.15) is 32.2 Å². The highest BCUT2D eigenvalue weighted by molar-refractivity contribution is 14.1. The Bertz CT molecular complexity index is 510. The van der Waals surface area contributed by atoms with E-state index in [1.807, 2.05) is 12.1 Å². The quantitative estimate of drug-likeness (QED) is 0.823. The minimum atomic E-state index is 0.153. The maximum Gasteiger partial charge on any atom is 0.211 e. The molecule has 4 heteroatoms. The van der Waals surface area contributed by atoms with Crippen LogP contribution in [-0.2, 0) is 0 Å². The first-order chi connectivity index (χ1) is 8.72. The monoisotopic (exact) mass is 356 g/mol. The zero-order valence-electron chi connectivity index (χ0n) is 10.6. The third-order valence-corrected chi connectivity index (χ3v) is 3.67. The van der Waals surface area contributed by atoms with Gasteiger partial charge in [0.1, 0.15) is 0 Å². The SMILES string of the molecule is CCCNC(C)c1ncc(-c2ccccc2I)o1. The Labute approximate surface area is 121 Å². The van der Waals surface area contributed by atoms with Crippen molar-refractivity contribution in [3.8, 4) is 11.3 Å². The molecule has 0 fully saturated rings. The Morgan fingerprint density at radius 2 is 2.17 bits per heavy atom. The number of rotatable bonds is 5. The molecule has 0 amide bonds. The molecule has 1 aromatic heterocycles. The molecule has 1 unspecified atom stereocenters. The number of oxazole rings is 1. The molecule has 0 saturated heterocycles. The van der Waals surface area contributed by atoms with Gasteiger partial charge in [-0.3, -0.25) is 0 Å². The van der Waals surface area contributed by atoms with Crippen LogP contribution in [0.15, 0.2) is 34.9 Å². The Hall–Kier alpha value is -0.880. The predicted molar refractivity (Wildman–Crippen MR) is 81.4 cm³/mol. The fourth-order valence-corrected chi connectivity index (χ4v) is 2.37. The minimum absolute atomic E-state index is 0.153. The summed E-state index contributed by atoms with van der Waals surface area (Å²) in [5, 5.41) is 3.37. The van der Waals surface area contributed by atoms with E-state index in [9.17, 15) is 0 Å². The smallest absolute Gasteiger partial charge is 0.211 e. The van der Waals surface area contributed by atoms with Gasteiger partial charge in [-0.2, -0.15) is 0 Å². The van der Waals surface area contributed by atoms with Crippen LogP contribution in [0, 0.1) is 3.57 Å². The summed E-state index contributed by atoms with van der Waals surface area (Å²) in [6, 6.07) is 8.31. The standard InChI is InChI=1S/C14H17IN2O/c1-3-8-16-10(2)14-17-9-13(18-14)11-6-4-5-7-12(11)15/h4-7,9-10,16H,3,8H2,1-2H3. The minimum Gasteiger partial charge on any atom is -0.439 e. The van der Waals surface area contributed by atoms with Gasteiger partial charge in [-0.1, -0.05) is 25.1 Å². The summed E-state index contributed by atoms with van der Waals surface area (Å²) in [4.78, 5) is 4.35. The van der Waals surface area contributed by atoms with Crippen LogP contribution in [-0.4, -0.2) is 11.5 Å². The van der Waals surface area contributed by atoms with Gasteiger partial charge in [0.25, 0.3) is 0 Å². The van der Waals surface area contributed by atoms with Crippen LogP contribution in [0.5, 0.6) is 0 Å². The fourth-order valence-electron chi connectivity index (χ4n) is 1.72. The number of nitrogens with zero attached hydrogens (tertiary/aromatic N) is 1. The van der Waals surface area contributed by atoms with Crippen molar-refractivity contribution in [1.82, 2.24) is 10.3 Å². The van der Waals surface area contributed by atoms with Crippen molar-refractivity contribution in [2.45, 2.75) is 26.3 Å². The molecule has 96 valence electrons. The summed E-state index contributed by atoms with van der Waals surface area (Å²) < 4.78 is 7.00. The van der Waals surface area contributed by atoms with Crippen LogP contribution in [0.2, 0.25) is 0 Å². The molecule has 1 aromatic carbocycles. The Balaban J connectivity index is 2.18. The molecule has 0 spiro atoms. The average Bonchev–Trinajstić information content (AvgIpc) is 2.86. The van der Waals surface area contributed by atoms with E-state index in [2.05, 4.69) is 58.9 Å². The van der Waals surface area contributed by atoms with E-state index in [0.717, 1.165) is 30.2 Å². The molecule has 3 nitrogen and oxygen atoms in total. The van der Waals surface area contributed by atoms with Gasteiger partial charge in [-0.15, -0.1) is 0 Å². The van der Waals surface area contributed by atoms with Crippen LogP contribution in [0.3, 0.4) is 0 Å². The lowest BCUT2D eigenvalue weighted by atomic mass is 10.2. The van der Waals surface area contributed by atoms with E-state index in [4.69, 9.17) is 4.42 Å². The lowest BCUT2D eigenvalue weighted by Crippen LogP contribution is -2.19. The Morgan fingerprint density at radius 3 is 2.89 bits per heavy atom. The topological polar surface area (TPSA) is 38.1 Å². The van der Waals surface area contributed by atoms with Gasteiger partial charge in [0.05, 0.1) is 12.2 Å². The number of halogens is 1. The summed E-state index contributed by atoms with van der Waals surface area (Å²) in [5.41, 5.74) is 1.10. The summed E-state index contributed by atoms with van der Waals surface area (Å²) >= 11 is 2.31. The van der Waals surface area contributed by atoms with Crippen molar-refractivity contribution in [2.75, 3.05) is 6.54 Å². The summed E-state index contributed by atoms with van der Waals surface area (Å²) in [7, 11) is 0. The molecule has 0 aliphatic carbocycles. The molecule has 0 bridgehead atoms. The molecular weight excluding hydrogens is 339 g/mol. The van der Waals surface area contributed by atoms with Crippen molar-refractivity contribution in [2.24, 2.45) is 0 Å². The number of benzene rings is 1. The van der Waals surface area contributed by atoms with E-state index in [1.54, 1.807) is 6.20 Å². The van der Waals surface area contributed by atoms with Gasteiger partial charge in [0.2, 0.25) is 5.89 Å². The maximum absolute atomic E-state index is 5.83. The molecule has 0 aliphatic heterocycles. The van der Waals surface area contributed by atoms with Gasteiger partial charge in [-0.05, 0) is 48.5 Å². The number of hydrogen-bond acceptors (Lipinski definition) is 3. The molecular formula is C14H17IN2O. The van der Waals surface area contributed by atoms with Crippen molar-refractivity contribution in [1.29, 1.82) is 0 Å². The van der Waals surface area contributed by atoms with E-state index >= 15 is 0 Å². The zero-order valence-corrected chi connectivity index (χ0v) is 12.8. The molecule has 1 heterocycles. The second-order valence-electron chi connectivity index (χ2n) is 4.22. The van der Waals surface area contributed by atoms with E-state index < -0.39 is 0 Å². The fraction of sp³-hybridized carbons (Fsp3) is 0.357. The molecule has 2 rings (SSSR count). The second-order valence-corrected chi connectivity index (χ2v) is 5.38. The molecule has 1 N–H and O–H groups in total. The summed E-state index contributed by atoms with van der Waals surface area (Å²) in [6.45, 7) is 5.19. The van der Waals surface area contributed by atoms with Crippen LogP contribution < -0.4 is 5.32 Å². The summed E-state index contributed by atoms with van der Waals surface area (Å²) in [5.74, 6) is 1.58. The van der Waals surface area contributed by atoms with Gasteiger partial charge in [0, 0.05) is 9.13 Å². The van der Waals surface area contributed by atoms with Crippen LogP contribution >= 0.6 is 22.6 Å². The van der Waals surface area contributed by atoms with Gasteiger partial charge in [-0.25, -0.2) is 4.98 Å². The third kappa shape index (κ3) is 3.11. The zero-order chi connectivity index (χ0) is 13.0. The number of nitrogens with one attached hydrogen (secondary N) is 1. The first-order valence-corrected chi connectivity index (χ1v) is 7.24. The lowest BCUT2D eigenvalue weighted by Gasteiger charge is -2.08. The molecule has 0 aliphatic rings. The van der Waals surface area contributed by atoms with Crippen molar-refractivity contribution >= 4 is 22.6 Å². The Morgan fingerprint density at radius 1 is 1.39 bits per heavy atom. The van der Waals surface area contributed by atoms with Crippen molar-refractivity contribution < 1.29 is 4.42 Å². The highest BCUT2D eigenvalue weighted by Crippen LogP contribution is 2.27. The van der Waals surface area contributed by atoms with E-state index in [1.165, 1.54) is 3.57 Å². The van der Waals surface area contributed by atoms with E-state index in [0.29, 0.717) is 0 Å².